The molecule has 1 N–H and O–H groups in total. The molecule has 1 heterocycles. The van der Waals surface area contributed by atoms with Crippen molar-refractivity contribution in [3.8, 4) is 17.0 Å². The summed E-state index contributed by atoms with van der Waals surface area (Å²) in [6, 6.07) is 13.8. The van der Waals surface area contributed by atoms with E-state index in [1.165, 1.54) is 6.20 Å². The fraction of sp³-hybridized carbons (Fsp3) is 0.200. The van der Waals surface area contributed by atoms with Crippen LogP contribution >= 0.6 is 0 Å². The third-order valence-electron chi connectivity index (χ3n) is 4.25. The molecule has 0 fully saturated rings. The number of aromatic nitrogens is 3. The van der Waals surface area contributed by atoms with Crippen molar-refractivity contribution < 1.29 is 9.53 Å². The van der Waals surface area contributed by atoms with Gasteiger partial charge in [0, 0.05) is 11.3 Å². The predicted octanol–water partition coefficient (Wildman–Crippen LogP) is 2.82. The number of methoxy groups -OCH3 is 1. The fourth-order valence-electron chi connectivity index (χ4n) is 2.58. The summed E-state index contributed by atoms with van der Waals surface area (Å²) >= 11 is 0. The first-order chi connectivity index (χ1) is 13.0. The molecule has 0 radical (unpaired) electrons. The van der Waals surface area contributed by atoms with Gasteiger partial charge in [-0.3, -0.25) is 4.79 Å². The SMILES string of the molecule is COc1ccc(-c2cnn([C@H](C)C(=O)Nc3ccccc3C)c(=O)n2)cc1. The maximum Gasteiger partial charge on any atom is 0.365 e. The van der Waals surface area contributed by atoms with Gasteiger partial charge in [0.15, 0.2) is 0 Å². The molecule has 0 spiro atoms. The monoisotopic (exact) mass is 364 g/mol. The van der Waals surface area contributed by atoms with Crippen molar-refractivity contribution in [3.05, 3.63) is 70.8 Å². The summed E-state index contributed by atoms with van der Waals surface area (Å²) in [7, 11) is 1.58. The van der Waals surface area contributed by atoms with Crippen molar-refractivity contribution in [2.75, 3.05) is 12.4 Å². The van der Waals surface area contributed by atoms with Crippen LogP contribution in [0.1, 0.15) is 18.5 Å². The summed E-state index contributed by atoms with van der Waals surface area (Å²) in [6.07, 6.45) is 1.47. The Morgan fingerprint density at radius 1 is 1.15 bits per heavy atom. The summed E-state index contributed by atoms with van der Waals surface area (Å²) in [5.41, 5.74) is 2.22. The number of carbonyl (C=O) groups excluding carboxylic acids is 1. The van der Waals surface area contributed by atoms with Crippen molar-refractivity contribution in [1.82, 2.24) is 14.8 Å². The van der Waals surface area contributed by atoms with Crippen LogP contribution in [0, 0.1) is 6.92 Å². The van der Waals surface area contributed by atoms with Crippen LogP contribution in [0.15, 0.2) is 59.5 Å². The van der Waals surface area contributed by atoms with Crippen LogP contribution in [0.4, 0.5) is 5.69 Å². The van der Waals surface area contributed by atoms with Crippen molar-refractivity contribution in [1.29, 1.82) is 0 Å². The Kier molecular flexibility index (Phi) is 5.30. The lowest BCUT2D eigenvalue weighted by molar-refractivity contribution is -0.119. The third-order valence-corrected chi connectivity index (χ3v) is 4.25. The first-order valence-electron chi connectivity index (χ1n) is 8.46. The molecule has 0 aliphatic heterocycles. The molecule has 0 unspecified atom stereocenters. The molecule has 3 rings (SSSR count). The minimum atomic E-state index is -0.797. The van der Waals surface area contributed by atoms with Gasteiger partial charge in [0.05, 0.1) is 19.0 Å². The molecule has 27 heavy (non-hydrogen) atoms. The zero-order valence-corrected chi connectivity index (χ0v) is 15.3. The lowest BCUT2D eigenvalue weighted by Gasteiger charge is -2.15. The topological polar surface area (TPSA) is 86.1 Å². The van der Waals surface area contributed by atoms with Gasteiger partial charge in [0.1, 0.15) is 11.8 Å². The highest BCUT2D eigenvalue weighted by Crippen LogP contribution is 2.19. The number of anilines is 1. The van der Waals surface area contributed by atoms with Gasteiger partial charge < -0.3 is 10.1 Å². The van der Waals surface area contributed by atoms with Crippen LogP contribution in [0.3, 0.4) is 0 Å². The number of hydrogen-bond acceptors (Lipinski definition) is 5. The molecular weight excluding hydrogens is 344 g/mol. The Bertz CT molecular complexity index is 1010. The van der Waals surface area contributed by atoms with Crippen LogP contribution in [0.25, 0.3) is 11.3 Å². The van der Waals surface area contributed by atoms with Gasteiger partial charge in [0.2, 0.25) is 5.91 Å². The summed E-state index contributed by atoms with van der Waals surface area (Å²) in [6.45, 7) is 3.51. The largest absolute Gasteiger partial charge is 0.497 e. The minimum absolute atomic E-state index is 0.335. The van der Waals surface area contributed by atoms with Gasteiger partial charge in [-0.05, 0) is 49.7 Å². The molecule has 0 aliphatic carbocycles. The Labute approximate surface area is 156 Å². The number of nitrogens with zero attached hydrogens (tertiary/aromatic N) is 3. The molecule has 2 aromatic carbocycles. The van der Waals surface area contributed by atoms with Gasteiger partial charge >= 0.3 is 5.69 Å². The number of carbonyl (C=O) groups is 1. The molecule has 138 valence electrons. The van der Waals surface area contributed by atoms with E-state index in [-0.39, 0.29) is 5.91 Å². The van der Waals surface area contributed by atoms with Gasteiger partial charge in [-0.1, -0.05) is 18.2 Å². The molecule has 7 heteroatoms. The average Bonchev–Trinajstić information content (AvgIpc) is 2.69. The molecule has 3 aromatic rings. The normalized spacial score (nSPS) is 11.7. The predicted molar refractivity (Wildman–Crippen MR) is 103 cm³/mol. The third kappa shape index (κ3) is 4.03. The number of rotatable bonds is 5. The second-order valence-corrected chi connectivity index (χ2v) is 6.08. The van der Waals surface area contributed by atoms with E-state index in [0.29, 0.717) is 17.1 Å². The van der Waals surface area contributed by atoms with Crippen molar-refractivity contribution in [2.45, 2.75) is 19.9 Å². The van der Waals surface area contributed by atoms with E-state index < -0.39 is 11.7 Å². The second kappa shape index (κ2) is 7.82. The number of hydrogen-bond donors (Lipinski definition) is 1. The van der Waals surface area contributed by atoms with Crippen molar-refractivity contribution in [3.63, 3.8) is 0 Å². The highest BCUT2D eigenvalue weighted by Gasteiger charge is 2.19. The van der Waals surface area contributed by atoms with E-state index in [0.717, 1.165) is 15.8 Å². The van der Waals surface area contributed by atoms with E-state index in [4.69, 9.17) is 4.74 Å². The molecule has 0 aliphatic rings. The van der Waals surface area contributed by atoms with Crippen LogP contribution in [-0.4, -0.2) is 27.8 Å². The average molecular weight is 364 g/mol. The van der Waals surface area contributed by atoms with E-state index >= 15 is 0 Å². The summed E-state index contributed by atoms with van der Waals surface area (Å²) in [4.78, 5) is 28.9. The standard InChI is InChI=1S/C20H20N4O3/c1-13-6-4-5-7-17(13)22-19(25)14(2)24-20(26)23-18(12-21-24)15-8-10-16(27-3)11-9-15/h4-12,14H,1-3H3,(H,22,25)/t14-/m1/s1. The van der Waals surface area contributed by atoms with Gasteiger partial charge in [-0.25, -0.2) is 9.48 Å². The molecule has 0 saturated carbocycles. The Balaban J connectivity index is 1.81. The number of nitrogens with one attached hydrogen (secondary N) is 1. The first-order valence-corrected chi connectivity index (χ1v) is 8.46. The lowest BCUT2D eigenvalue weighted by atomic mass is 10.1. The molecule has 0 bridgehead atoms. The van der Waals surface area contributed by atoms with E-state index in [9.17, 15) is 9.59 Å². The Hall–Kier alpha value is -3.48. The van der Waals surface area contributed by atoms with E-state index in [1.54, 1.807) is 44.4 Å². The molecule has 1 aromatic heterocycles. The lowest BCUT2D eigenvalue weighted by Crippen LogP contribution is -2.35. The molecule has 0 saturated heterocycles. The highest BCUT2D eigenvalue weighted by molar-refractivity contribution is 5.94. The van der Waals surface area contributed by atoms with E-state index in [1.807, 2.05) is 25.1 Å². The van der Waals surface area contributed by atoms with E-state index in [2.05, 4.69) is 15.4 Å². The molecule has 1 amide bonds. The molecule has 1 atom stereocenters. The summed E-state index contributed by atoms with van der Waals surface area (Å²) < 4.78 is 6.19. The second-order valence-electron chi connectivity index (χ2n) is 6.08. The minimum Gasteiger partial charge on any atom is -0.497 e. The van der Waals surface area contributed by atoms with Crippen LogP contribution in [0.5, 0.6) is 5.75 Å². The van der Waals surface area contributed by atoms with Crippen molar-refractivity contribution in [2.24, 2.45) is 0 Å². The molecule has 7 nitrogen and oxygen atoms in total. The van der Waals surface area contributed by atoms with Gasteiger partial charge in [-0.15, -0.1) is 0 Å². The quantitative estimate of drug-likeness (QED) is 0.752. The number of ether oxygens (including phenoxy) is 1. The zero-order valence-electron chi connectivity index (χ0n) is 15.3. The van der Waals surface area contributed by atoms with Crippen LogP contribution < -0.4 is 15.7 Å². The van der Waals surface area contributed by atoms with Gasteiger partial charge in [-0.2, -0.15) is 10.1 Å². The molecular formula is C20H20N4O3. The van der Waals surface area contributed by atoms with Crippen LogP contribution in [-0.2, 0) is 4.79 Å². The zero-order chi connectivity index (χ0) is 19.4. The fourth-order valence-corrected chi connectivity index (χ4v) is 2.58. The van der Waals surface area contributed by atoms with Crippen LogP contribution in [0.2, 0.25) is 0 Å². The highest BCUT2D eigenvalue weighted by atomic mass is 16.5. The van der Waals surface area contributed by atoms with Crippen molar-refractivity contribution >= 4 is 11.6 Å². The summed E-state index contributed by atoms with van der Waals surface area (Å²) in [5.74, 6) is 0.374. The number of para-hydroxylation sites is 1. The first kappa shape index (κ1) is 18.3. The number of benzene rings is 2. The number of aryl methyl sites for hydroxylation is 1. The maximum atomic E-state index is 12.5. The maximum absolute atomic E-state index is 12.5. The number of amides is 1. The Morgan fingerprint density at radius 2 is 1.85 bits per heavy atom. The summed E-state index contributed by atoms with van der Waals surface area (Å²) in [5, 5.41) is 6.95. The smallest absolute Gasteiger partial charge is 0.365 e. The van der Waals surface area contributed by atoms with Gasteiger partial charge in [0.25, 0.3) is 0 Å². The Morgan fingerprint density at radius 3 is 2.48 bits per heavy atom.